The number of fused-ring (bicyclic) bond motifs is 1. The molecule has 0 saturated heterocycles. The Morgan fingerprint density at radius 2 is 1.95 bits per heavy atom. The SMILES string of the molecule is N#Cc1cc2c(cn1)ncn2Cc1ccc(B(O)O)cc1. The summed E-state index contributed by atoms with van der Waals surface area (Å²) in [6.07, 6.45) is 3.28. The number of pyridine rings is 1. The lowest BCUT2D eigenvalue weighted by Gasteiger charge is -2.06. The smallest absolute Gasteiger partial charge is 0.423 e. The van der Waals surface area contributed by atoms with Crippen LogP contribution in [0.2, 0.25) is 0 Å². The molecule has 0 aliphatic heterocycles. The Labute approximate surface area is 121 Å². The predicted octanol–water partition coefficient (Wildman–Crippen LogP) is 0.0311. The molecule has 0 aliphatic carbocycles. The molecule has 0 spiro atoms. The maximum atomic E-state index is 9.07. The minimum atomic E-state index is -1.46. The van der Waals surface area contributed by atoms with Crippen LogP contribution in [0.1, 0.15) is 11.3 Å². The van der Waals surface area contributed by atoms with E-state index in [9.17, 15) is 0 Å². The van der Waals surface area contributed by atoms with Crippen LogP contribution in [0.5, 0.6) is 0 Å². The molecule has 0 radical (unpaired) electrons. The number of nitriles is 1. The second-order valence-corrected chi connectivity index (χ2v) is 4.66. The minimum absolute atomic E-state index is 0.350. The molecule has 2 N–H and O–H groups in total. The van der Waals surface area contributed by atoms with E-state index in [4.69, 9.17) is 15.3 Å². The molecule has 0 amide bonds. The Balaban J connectivity index is 1.92. The first-order valence-electron chi connectivity index (χ1n) is 6.33. The van der Waals surface area contributed by atoms with E-state index in [2.05, 4.69) is 9.97 Å². The van der Waals surface area contributed by atoms with Gasteiger partial charge in [-0.2, -0.15) is 5.26 Å². The van der Waals surface area contributed by atoms with Crippen molar-refractivity contribution < 1.29 is 10.0 Å². The molecular formula is C14H11BN4O2. The van der Waals surface area contributed by atoms with Crippen LogP contribution in [-0.4, -0.2) is 31.7 Å². The molecule has 102 valence electrons. The number of rotatable bonds is 3. The van der Waals surface area contributed by atoms with Gasteiger partial charge in [-0.1, -0.05) is 24.3 Å². The van der Waals surface area contributed by atoms with Crippen molar-refractivity contribution in [3.8, 4) is 6.07 Å². The molecule has 0 unspecified atom stereocenters. The van der Waals surface area contributed by atoms with Crippen molar-refractivity contribution >= 4 is 23.6 Å². The highest BCUT2D eigenvalue weighted by Crippen LogP contribution is 2.14. The molecule has 21 heavy (non-hydrogen) atoms. The van der Waals surface area contributed by atoms with Crippen molar-refractivity contribution in [3.63, 3.8) is 0 Å². The number of hydrogen-bond donors (Lipinski definition) is 2. The van der Waals surface area contributed by atoms with Crippen molar-refractivity contribution in [2.75, 3.05) is 0 Å². The van der Waals surface area contributed by atoms with Gasteiger partial charge in [0.15, 0.2) is 0 Å². The summed E-state index contributed by atoms with van der Waals surface area (Å²) >= 11 is 0. The highest BCUT2D eigenvalue weighted by molar-refractivity contribution is 6.58. The van der Waals surface area contributed by atoms with E-state index in [1.807, 2.05) is 22.8 Å². The standard InChI is InChI=1S/C14H11BN4O2/c16-6-12-5-14-13(7-17-12)18-9-19(14)8-10-1-3-11(4-2-10)15(20)21/h1-5,7,9,20-21H,8H2. The molecule has 0 aliphatic rings. The highest BCUT2D eigenvalue weighted by Gasteiger charge is 2.10. The number of imidazole rings is 1. The normalized spacial score (nSPS) is 10.5. The summed E-state index contributed by atoms with van der Waals surface area (Å²) in [5.74, 6) is 0. The lowest BCUT2D eigenvalue weighted by atomic mass is 9.80. The fourth-order valence-corrected chi connectivity index (χ4v) is 2.14. The maximum Gasteiger partial charge on any atom is 0.488 e. The first-order valence-corrected chi connectivity index (χ1v) is 6.33. The quantitative estimate of drug-likeness (QED) is 0.659. The lowest BCUT2D eigenvalue weighted by Crippen LogP contribution is -2.29. The summed E-state index contributed by atoms with van der Waals surface area (Å²) in [7, 11) is -1.46. The van der Waals surface area contributed by atoms with Crippen LogP contribution in [0.25, 0.3) is 11.0 Å². The summed E-state index contributed by atoms with van der Waals surface area (Å²) < 4.78 is 1.92. The molecule has 1 aromatic carbocycles. The van der Waals surface area contributed by atoms with Gasteiger partial charge in [-0.05, 0) is 11.0 Å². The van der Waals surface area contributed by atoms with Crippen LogP contribution in [0.4, 0.5) is 0 Å². The maximum absolute atomic E-state index is 9.07. The molecule has 2 aromatic heterocycles. The Morgan fingerprint density at radius 3 is 2.62 bits per heavy atom. The number of hydrogen-bond acceptors (Lipinski definition) is 5. The molecule has 7 heteroatoms. The van der Waals surface area contributed by atoms with Crippen LogP contribution in [-0.2, 0) is 6.54 Å². The van der Waals surface area contributed by atoms with E-state index in [1.54, 1.807) is 30.7 Å². The Morgan fingerprint density at radius 1 is 1.19 bits per heavy atom. The van der Waals surface area contributed by atoms with Gasteiger partial charge in [0, 0.05) is 12.6 Å². The Bertz CT molecular complexity index is 821. The fraction of sp³-hybridized carbons (Fsp3) is 0.0714. The molecule has 3 aromatic rings. The van der Waals surface area contributed by atoms with E-state index in [1.165, 1.54) is 0 Å². The van der Waals surface area contributed by atoms with Gasteiger partial charge in [-0.3, -0.25) is 0 Å². The van der Waals surface area contributed by atoms with Crippen molar-refractivity contribution in [1.29, 1.82) is 5.26 Å². The van der Waals surface area contributed by atoms with E-state index in [0.717, 1.165) is 16.6 Å². The first-order chi connectivity index (χ1) is 10.2. The van der Waals surface area contributed by atoms with Crippen molar-refractivity contribution in [2.45, 2.75) is 6.54 Å². The zero-order chi connectivity index (χ0) is 14.8. The zero-order valence-corrected chi connectivity index (χ0v) is 11.0. The molecule has 2 heterocycles. The van der Waals surface area contributed by atoms with E-state index in [-0.39, 0.29) is 0 Å². The van der Waals surface area contributed by atoms with Gasteiger partial charge in [0.1, 0.15) is 17.3 Å². The van der Waals surface area contributed by atoms with Gasteiger partial charge in [0.25, 0.3) is 0 Å². The third-order valence-corrected chi connectivity index (χ3v) is 3.25. The molecule has 6 nitrogen and oxygen atoms in total. The second-order valence-electron chi connectivity index (χ2n) is 4.66. The molecular weight excluding hydrogens is 267 g/mol. The van der Waals surface area contributed by atoms with Crippen molar-refractivity contribution in [3.05, 3.63) is 54.1 Å². The molecule has 0 fully saturated rings. The minimum Gasteiger partial charge on any atom is -0.423 e. The van der Waals surface area contributed by atoms with E-state index >= 15 is 0 Å². The average molecular weight is 278 g/mol. The van der Waals surface area contributed by atoms with Gasteiger partial charge in [-0.15, -0.1) is 0 Å². The first kappa shape index (κ1) is 13.3. The monoisotopic (exact) mass is 278 g/mol. The van der Waals surface area contributed by atoms with E-state index < -0.39 is 7.12 Å². The number of nitrogens with zero attached hydrogens (tertiary/aromatic N) is 4. The Kier molecular flexibility index (Phi) is 3.40. The summed E-state index contributed by atoms with van der Waals surface area (Å²) in [5, 5.41) is 27.1. The van der Waals surface area contributed by atoms with Crippen LogP contribution in [0.15, 0.2) is 42.9 Å². The van der Waals surface area contributed by atoms with Gasteiger partial charge in [0.2, 0.25) is 0 Å². The third-order valence-electron chi connectivity index (χ3n) is 3.25. The van der Waals surface area contributed by atoms with Crippen molar-refractivity contribution in [2.24, 2.45) is 0 Å². The van der Waals surface area contributed by atoms with Crippen molar-refractivity contribution in [1.82, 2.24) is 14.5 Å². The summed E-state index contributed by atoms with van der Waals surface area (Å²) in [6.45, 7) is 0.577. The van der Waals surface area contributed by atoms with Gasteiger partial charge in [-0.25, -0.2) is 9.97 Å². The number of benzene rings is 1. The predicted molar refractivity (Wildman–Crippen MR) is 77.6 cm³/mol. The summed E-state index contributed by atoms with van der Waals surface area (Å²) in [4.78, 5) is 8.23. The van der Waals surface area contributed by atoms with Gasteiger partial charge in [0.05, 0.1) is 18.0 Å². The largest absolute Gasteiger partial charge is 0.488 e. The van der Waals surface area contributed by atoms with Crippen LogP contribution in [0.3, 0.4) is 0 Å². The van der Waals surface area contributed by atoms with Crippen LogP contribution >= 0.6 is 0 Å². The fourth-order valence-electron chi connectivity index (χ4n) is 2.14. The van der Waals surface area contributed by atoms with Crippen LogP contribution < -0.4 is 5.46 Å². The highest BCUT2D eigenvalue weighted by atomic mass is 16.4. The summed E-state index contributed by atoms with van der Waals surface area (Å²) in [6, 6.07) is 10.7. The number of aromatic nitrogens is 3. The van der Waals surface area contributed by atoms with Crippen LogP contribution in [0, 0.1) is 11.3 Å². The van der Waals surface area contributed by atoms with Gasteiger partial charge < -0.3 is 14.6 Å². The molecule has 0 saturated carbocycles. The molecule has 0 atom stereocenters. The lowest BCUT2D eigenvalue weighted by molar-refractivity contribution is 0.426. The average Bonchev–Trinajstić information content (AvgIpc) is 2.90. The van der Waals surface area contributed by atoms with Gasteiger partial charge >= 0.3 is 7.12 Å². The zero-order valence-electron chi connectivity index (χ0n) is 11.0. The third kappa shape index (κ3) is 2.63. The molecule has 3 rings (SSSR count). The second kappa shape index (κ2) is 5.36. The molecule has 0 bridgehead atoms. The topological polar surface area (TPSA) is 95.0 Å². The summed E-state index contributed by atoms with van der Waals surface area (Å²) in [5.41, 5.74) is 3.37. The van der Waals surface area contributed by atoms with E-state index in [0.29, 0.717) is 17.7 Å². The Hall–Kier alpha value is -2.69.